The van der Waals surface area contributed by atoms with Gasteiger partial charge in [-0.3, -0.25) is 0 Å². The molecule has 1 fully saturated rings. The molecular weight excluding hydrogens is 209 g/mol. The highest BCUT2D eigenvalue weighted by molar-refractivity contribution is 8.00. The maximum atomic E-state index is 12.7. The Morgan fingerprint density at radius 2 is 1.80 bits per heavy atom. The number of thioether (sulfide) groups is 1. The molecule has 0 amide bonds. The van der Waals surface area contributed by atoms with Crippen molar-refractivity contribution in [1.82, 2.24) is 4.90 Å². The molecule has 1 nitrogen and oxygen atoms in total. The lowest BCUT2D eigenvalue weighted by Crippen LogP contribution is -2.31. The van der Waals surface area contributed by atoms with Crippen LogP contribution in [0.25, 0.3) is 0 Å². The average Bonchev–Trinajstić information content (AvgIpc) is 2.25. The highest BCUT2D eigenvalue weighted by Crippen LogP contribution is 2.29. The van der Waals surface area contributed by atoms with Crippen molar-refractivity contribution >= 4 is 11.8 Å². The second-order valence-electron chi connectivity index (χ2n) is 4.07. The molecular formula is C12H16FNS. The number of piperidine rings is 1. The zero-order chi connectivity index (χ0) is 10.7. The van der Waals surface area contributed by atoms with Crippen molar-refractivity contribution in [2.45, 2.75) is 23.0 Å². The molecule has 0 saturated carbocycles. The summed E-state index contributed by atoms with van der Waals surface area (Å²) in [5, 5.41) is 0.701. The van der Waals surface area contributed by atoms with Gasteiger partial charge in [0.15, 0.2) is 0 Å². The third kappa shape index (κ3) is 3.21. The summed E-state index contributed by atoms with van der Waals surface area (Å²) in [6.07, 6.45) is 2.47. The van der Waals surface area contributed by atoms with Crippen LogP contribution < -0.4 is 0 Å². The minimum absolute atomic E-state index is 0.150. The molecule has 1 aromatic carbocycles. The summed E-state index contributed by atoms with van der Waals surface area (Å²) in [5.74, 6) is -0.150. The SMILES string of the molecule is CN1CCC(Sc2ccc(F)cc2)CC1. The van der Waals surface area contributed by atoms with Gasteiger partial charge in [-0.05, 0) is 57.2 Å². The summed E-state index contributed by atoms with van der Waals surface area (Å²) in [5.41, 5.74) is 0. The molecule has 82 valence electrons. The quantitative estimate of drug-likeness (QED) is 0.761. The molecule has 0 aliphatic carbocycles. The van der Waals surface area contributed by atoms with Gasteiger partial charge in [0.05, 0.1) is 0 Å². The van der Waals surface area contributed by atoms with Crippen LogP contribution in [0, 0.1) is 5.82 Å². The minimum Gasteiger partial charge on any atom is -0.306 e. The van der Waals surface area contributed by atoms with Crippen molar-refractivity contribution in [1.29, 1.82) is 0 Å². The molecule has 0 atom stereocenters. The minimum atomic E-state index is -0.150. The van der Waals surface area contributed by atoms with E-state index in [4.69, 9.17) is 0 Å². The lowest BCUT2D eigenvalue weighted by atomic mass is 10.1. The molecule has 1 saturated heterocycles. The fourth-order valence-electron chi connectivity index (χ4n) is 1.81. The zero-order valence-electron chi connectivity index (χ0n) is 8.95. The second kappa shape index (κ2) is 4.99. The van der Waals surface area contributed by atoms with Crippen LogP contribution in [0.15, 0.2) is 29.2 Å². The first-order valence-corrected chi connectivity index (χ1v) is 6.23. The smallest absolute Gasteiger partial charge is 0.123 e. The molecule has 1 aliphatic heterocycles. The Bertz CT molecular complexity index is 304. The van der Waals surface area contributed by atoms with E-state index in [1.165, 1.54) is 43.0 Å². The van der Waals surface area contributed by atoms with Gasteiger partial charge in [-0.2, -0.15) is 0 Å². The van der Waals surface area contributed by atoms with Crippen molar-refractivity contribution in [2.75, 3.05) is 20.1 Å². The fraction of sp³-hybridized carbons (Fsp3) is 0.500. The zero-order valence-corrected chi connectivity index (χ0v) is 9.77. The van der Waals surface area contributed by atoms with Crippen LogP contribution >= 0.6 is 11.8 Å². The first-order chi connectivity index (χ1) is 7.24. The fourth-order valence-corrected chi connectivity index (χ4v) is 2.93. The van der Waals surface area contributed by atoms with Gasteiger partial charge in [0.1, 0.15) is 5.82 Å². The van der Waals surface area contributed by atoms with Crippen LogP contribution in [0.2, 0.25) is 0 Å². The number of nitrogens with zero attached hydrogens (tertiary/aromatic N) is 1. The monoisotopic (exact) mass is 225 g/mol. The van der Waals surface area contributed by atoms with Gasteiger partial charge in [0.2, 0.25) is 0 Å². The van der Waals surface area contributed by atoms with E-state index in [-0.39, 0.29) is 5.82 Å². The number of benzene rings is 1. The van der Waals surface area contributed by atoms with Crippen LogP contribution in [-0.4, -0.2) is 30.3 Å². The number of halogens is 1. The molecule has 0 N–H and O–H groups in total. The largest absolute Gasteiger partial charge is 0.306 e. The van der Waals surface area contributed by atoms with Gasteiger partial charge in [-0.1, -0.05) is 0 Å². The summed E-state index contributed by atoms with van der Waals surface area (Å²) in [6.45, 7) is 2.36. The molecule has 2 rings (SSSR count). The molecule has 0 aromatic heterocycles. The number of likely N-dealkylation sites (tertiary alicyclic amines) is 1. The summed E-state index contributed by atoms with van der Waals surface area (Å²) in [7, 11) is 2.17. The van der Waals surface area contributed by atoms with Crippen molar-refractivity contribution in [3.8, 4) is 0 Å². The molecule has 0 bridgehead atoms. The third-order valence-electron chi connectivity index (χ3n) is 2.78. The average molecular weight is 225 g/mol. The summed E-state index contributed by atoms with van der Waals surface area (Å²) in [4.78, 5) is 3.55. The number of rotatable bonds is 2. The maximum absolute atomic E-state index is 12.7. The molecule has 15 heavy (non-hydrogen) atoms. The highest BCUT2D eigenvalue weighted by Gasteiger charge is 2.17. The van der Waals surface area contributed by atoms with Crippen LogP contribution in [0.4, 0.5) is 4.39 Å². The van der Waals surface area contributed by atoms with Crippen molar-refractivity contribution in [3.05, 3.63) is 30.1 Å². The summed E-state index contributed by atoms with van der Waals surface area (Å²) < 4.78 is 12.7. The normalized spacial score (nSPS) is 19.3. The summed E-state index contributed by atoms with van der Waals surface area (Å²) >= 11 is 1.88. The molecule has 0 unspecified atom stereocenters. The standard InChI is InChI=1S/C12H16FNS/c1-14-8-6-12(7-9-14)15-11-4-2-10(13)3-5-11/h2-5,12H,6-9H2,1H3. The van der Waals surface area contributed by atoms with Crippen LogP contribution in [0.5, 0.6) is 0 Å². The Morgan fingerprint density at radius 3 is 2.40 bits per heavy atom. The number of hydrogen-bond acceptors (Lipinski definition) is 2. The van der Waals surface area contributed by atoms with Crippen LogP contribution in [0.1, 0.15) is 12.8 Å². The van der Waals surface area contributed by atoms with Crippen LogP contribution in [0.3, 0.4) is 0 Å². The molecule has 1 aromatic rings. The van der Waals surface area contributed by atoms with Crippen molar-refractivity contribution in [3.63, 3.8) is 0 Å². The maximum Gasteiger partial charge on any atom is 0.123 e. The number of hydrogen-bond donors (Lipinski definition) is 0. The Balaban J connectivity index is 1.89. The van der Waals surface area contributed by atoms with Gasteiger partial charge in [-0.15, -0.1) is 11.8 Å². The second-order valence-corrected chi connectivity index (χ2v) is 5.45. The van der Waals surface area contributed by atoms with E-state index in [2.05, 4.69) is 11.9 Å². The Morgan fingerprint density at radius 1 is 1.20 bits per heavy atom. The van der Waals surface area contributed by atoms with E-state index in [0.29, 0.717) is 5.25 Å². The molecule has 1 heterocycles. The lowest BCUT2D eigenvalue weighted by molar-refractivity contribution is 0.282. The van der Waals surface area contributed by atoms with Gasteiger partial charge in [-0.25, -0.2) is 4.39 Å². The van der Waals surface area contributed by atoms with E-state index >= 15 is 0 Å². The Kier molecular flexibility index (Phi) is 3.65. The van der Waals surface area contributed by atoms with E-state index in [0.717, 1.165) is 0 Å². The van der Waals surface area contributed by atoms with Crippen molar-refractivity contribution < 1.29 is 4.39 Å². The van der Waals surface area contributed by atoms with Crippen LogP contribution in [-0.2, 0) is 0 Å². The third-order valence-corrected chi connectivity index (χ3v) is 4.13. The first-order valence-electron chi connectivity index (χ1n) is 5.35. The molecule has 0 radical (unpaired) electrons. The van der Waals surface area contributed by atoms with E-state index in [1.54, 1.807) is 0 Å². The summed E-state index contributed by atoms with van der Waals surface area (Å²) in [6, 6.07) is 6.82. The molecule has 0 spiro atoms. The molecule has 1 aliphatic rings. The van der Waals surface area contributed by atoms with Gasteiger partial charge < -0.3 is 4.90 Å². The molecule has 3 heteroatoms. The predicted octanol–water partition coefficient (Wildman–Crippen LogP) is 3.01. The Hall–Kier alpha value is -0.540. The highest BCUT2D eigenvalue weighted by atomic mass is 32.2. The van der Waals surface area contributed by atoms with Gasteiger partial charge in [0, 0.05) is 10.1 Å². The first kappa shape index (κ1) is 11.0. The van der Waals surface area contributed by atoms with Gasteiger partial charge >= 0.3 is 0 Å². The van der Waals surface area contributed by atoms with E-state index in [1.807, 2.05) is 23.9 Å². The van der Waals surface area contributed by atoms with E-state index < -0.39 is 0 Å². The predicted molar refractivity (Wildman–Crippen MR) is 62.8 cm³/mol. The lowest BCUT2D eigenvalue weighted by Gasteiger charge is -2.28. The topological polar surface area (TPSA) is 3.24 Å². The van der Waals surface area contributed by atoms with Crippen molar-refractivity contribution in [2.24, 2.45) is 0 Å². The Labute approximate surface area is 94.7 Å². The van der Waals surface area contributed by atoms with Gasteiger partial charge in [0.25, 0.3) is 0 Å². The van der Waals surface area contributed by atoms with E-state index in [9.17, 15) is 4.39 Å².